The van der Waals surface area contributed by atoms with Crippen LogP contribution in [-0.4, -0.2) is 72.8 Å². The number of hydrogen-bond donors (Lipinski definition) is 2. The van der Waals surface area contributed by atoms with Crippen LogP contribution < -0.4 is 15.5 Å². The third kappa shape index (κ3) is 4.83. The summed E-state index contributed by atoms with van der Waals surface area (Å²) in [6.45, 7) is 3.71. The molecule has 0 spiro atoms. The van der Waals surface area contributed by atoms with E-state index >= 15 is 0 Å². The summed E-state index contributed by atoms with van der Waals surface area (Å²) in [6.07, 6.45) is 1.80. The highest BCUT2D eigenvalue weighted by Crippen LogP contribution is 2.26. The zero-order valence-electron chi connectivity index (χ0n) is 20.8. The van der Waals surface area contributed by atoms with Crippen molar-refractivity contribution in [2.75, 3.05) is 43.4 Å². The number of benzene rings is 1. The van der Waals surface area contributed by atoms with Gasteiger partial charge in [0.25, 0.3) is 0 Å². The number of thiazole rings is 1. The molecule has 6 rings (SSSR count). The first-order valence-electron chi connectivity index (χ1n) is 12.4. The number of aryl methyl sites for hydroxylation is 1. The van der Waals surface area contributed by atoms with Crippen LogP contribution in [0.4, 0.5) is 16.0 Å². The van der Waals surface area contributed by atoms with Crippen LogP contribution in [0.5, 0.6) is 0 Å². The van der Waals surface area contributed by atoms with E-state index in [0.29, 0.717) is 84.5 Å². The number of aliphatic carboxylic acids is 1. The molecule has 0 atom stereocenters. The quantitative estimate of drug-likeness (QED) is 0.294. The third-order valence-electron chi connectivity index (χ3n) is 6.85. The highest BCUT2D eigenvalue weighted by molar-refractivity contribution is 7.17. The summed E-state index contributed by atoms with van der Waals surface area (Å²) in [5.41, 5.74) is 8.27. The van der Waals surface area contributed by atoms with E-state index < -0.39 is 5.97 Å². The van der Waals surface area contributed by atoms with Crippen LogP contribution in [0.25, 0.3) is 27.6 Å². The third-order valence-corrected chi connectivity index (χ3v) is 7.81. The number of nitrogen functional groups attached to an aromatic ring is 1. The zero-order chi connectivity index (χ0) is 27.1. The molecule has 5 aromatic rings. The minimum absolute atomic E-state index is 0.0298. The number of piperazine rings is 1. The van der Waals surface area contributed by atoms with Crippen LogP contribution in [0.15, 0.2) is 45.8 Å². The van der Waals surface area contributed by atoms with Crippen molar-refractivity contribution in [1.82, 2.24) is 29.0 Å². The fraction of sp³-hybridized carbons (Fsp3) is 0.320. The molecule has 1 aromatic carbocycles. The van der Waals surface area contributed by atoms with Crippen molar-refractivity contribution in [2.45, 2.75) is 19.4 Å². The molecular weight excluding hydrogens is 527 g/mol. The Bertz CT molecular complexity index is 1720. The van der Waals surface area contributed by atoms with E-state index in [4.69, 9.17) is 15.3 Å². The van der Waals surface area contributed by atoms with Crippen LogP contribution in [0.2, 0.25) is 0 Å². The Labute approximate surface area is 224 Å². The number of carboxylic acids is 1. The van der Waals surface area contributed by atoms with Crippen molar-refractivity contribution in [3.63, 3.8) is 0 Å². The van der Waals surface area contributed by atoms with E-state index in [1.54, 1.807) is 28.8 Å². The van der Waals surface area contributed by atoms with E-state index in [9.17, 15) is 14.0 Å². The second-order valence-corrected chi connectivity index (χ2v) is 10.3. The number of aromatic nitrogens is 5. The van der Waals surface area contributed by atoms with Crippen LogP contribution in [0.1, 0.15) is 12.0 Å². The molecule has 1 fully saturated rings. The molecule has 0 unspecified atom stereocenters. The lowest BCUT2D eigenvalue weighted by molar-refractivity contribution is -0.136. The first-order valence-corrected chi connectivity index (χ1v) is 13.3. The zero-order valence-corrected chi connectivity index (χ0v) is 21.6. The fourth-order valence-corrected chi connectivity index (χ4v) is 5.74. The van der Waals surface area contributed by atoms with Gasteiger partial charge in [0.2, 0.25) is 11.8 Å². The molecule has 1 aliphatic heterocycles. The lowest BCUT2D eigenvalue weighted by Crippen LogP contribution is -2.47. The highest BCUT2D eigenvalue weighted by Gasteiger charge is 2.22. The summed E-state index contributed by atoms with van der Waals surface area (Å²) in [5, 5.41) is 13.2. The number of furan rings is 1. The first-order chi connectivity index (χ1) is 18.9. The molecule has 3 N–H and O–H groups in total. The van der Waals surface area contributed by atoms with E-state index in [-0.39, 0.29) is 23.1 Å². The van der Waals surface area contributed by atoms with Crippen molar-refractivity contribution in [3.8, 4) is 11.6 Å². The van der Waals surface area contributed by atoms with Crippen molar-refractivity contribution >= 4 is 44.9 Å². The summed E-state index contributed by atoms with van der Waals surface area (Å²) < 4.78 is 23.8. The monoisotopic (exact) mass is 552 g/mol. The molecule has 1 saturated heterocycles. The lowest BCUT2D eigenvalue weighted by Gasteiger charge is -2.36. The summed E-state index contributed by atoms with van der Waals surface area (Å²) in [4.78, 5) is 36.7. The van der Waals surface area contributed by atoms with Crippen LogP contribution in [0.3, 0.4) is 0 Å². The van der Waals surface area contributed by atoms with Gasteiger partial charge in [-0.05, 0) is 36.2 Å². The van der Waals surface area contributed by atoms with E-state index in [0.717, 1.165) is 11.3 Å². The van der Waals surface area contributed by atoms with Crippen molar-refractivity contribution < 1.29 is 18.7 Å². The van der Waals surface area contributed by atoms with Gasteiger partial charge >= 0.3 is 10.8 Å². The molecule has 12 nitrogen and oxygen atoms in total. The van der Waals surface area contributed by atoms with Crippen molar-refractivity contribution in [2.24, 2.45) is 0 Å². The average Bonchev–Trinajstić information content (AvgIpc) is 3.66. The predicted octanol–water partition coefficient (Wildman–Crippen LogP) is 2.32. The molecule has 14 heteroatoms. The van der Waals surface area contributed by atoms with Gasteiger partial charge in [-0.25, -0.2) is 9.37 Å². The SMILES string of the molecule is Nc1nc2c(sc(=O)n2CCN2CCN(c3ccc(CCC(=O)O)cc3F)CC2)c2nc(-c3ccco3)nn12. The number of fused-ring (bicyclic) bond motifs is 3. The van der Waals surface area contributed by atoms with Gasteiger partial charge < -0.3 is 20.2 Å². The Morgan fingerprint density at radius 2 is 1.95 bits per heavy atom. The molecule has 202 valence electrons. The van der Waals surface area contributed by atoms with Gasteiger partial charge in [0.05, 0.1) is 12.0 Å². The largest absolute Gasteiger partial charge is 0.481 e. The summed E-state index contributed by atoms with van der Waals surface area (Å²) >= 11 is 1.05. The maximum absolute atomic E-state index is 14.7. The minimum atomic E-state index is -0.904. The molecule has 0 aliphatic carbocycles. The second-order valence-electron chi connectivity index (χ2n) is 9.30. The highest BCUT2D eigenvalue weighted by atomic mass is 32.1. The Kier molecular flexibility index (Phi) is 6.48. The van der Waals surface area contributed by atoms with E-state index in [2.05, 4.69) is 20.0 Å². The van der Waals surface area contributed by atoms with Gasteiger partial charge in [-0.15, -0.1) is 5.10 Å². The number of nitrogens with two attached hydrogens (primary N) is 1. The summed E-state index contributed by atoms with van der Waals surface area (Å²) in [5.74, 6) is -0.275. The molecule has 0 amide bonds. The van der Waals surface area contributed by atoms with Gasteiger partial charge in [0, 0.05) is 45.7 Å². The van der Waals surface area contributed by atoms with E-state index in [1.165, 1.54) is 16.8 Å². The number of hydrogen-bond acceptors (Lipinski definition) is 10. The van der Waals surface area contributed by atoms with Gasteiger partial charge in [-0.2, -0.15) is 9.50 Å². The number of anilines is 2. The van der Waals surface area contributed by atoms with Crippen molar-refractivity contribution in [3.05, 3.63) is 57.6 Å². The number of carboxylic acid groups (broad SMARTS) is 1. The number of rotatable bonds is 8. The molecule has 0 radical (unpaired) electrons. The Hall–Kier alpha value is -4.30. The smallest absolute Gasteiger partial charge is 0.309 e. The van der Waals surface area contributed by atoms with Crippen LogP contribution in [0, 0.1) is 5.82 Å². The van der Waals surface area contributed by atoms with Gasteiger partial charge in [0.15, 0.2) is 17.1 Å². The van der Waals surface area contributed by atoms with Gasteiger partial charge in [-0.1, -0.05) is 17.4 Å². The first kappa shape index (κ1) is 25.0. The Balaban J connectivity index is 1.14. The molecule has 1 aliphatic rings. The minimum Gasteiger partial charge on any atom is -0.481 e. The topological polar surface area (TPSA) is 148 Å². The average molecular weight is 553 g/mol. The molecule has 0 bridgehead atoms. The van der Waals surface area contributed by atoms with Gasteiger partial charge in [0.1, 0.15) is 10.5 Å². The molecule has 0 saturated carbocycles. The fourth-order valence-electron chi connectivity index (χ4n) is 4.80. The van der Waals surface area contributed by atoms with E-state index in [1.807, 2.05) is 4.90 Å². The molecule has 39 heavy (non-hydrogen) atoms. The molecular formula is C25H25FN8O4S. The summed E-state index contributed by atoms with van der Waals surface area (Å²) in [7, 11) is 0. The Morgan fingerprint density at radius 1 is 1.13 bits per heavy atom. The molecule has 5 heterocycles. The molecule has 4 aromatic heterocycles. The summed E-state index contributed by atoms with van der Waals surface area (Å²) in [6, 6.07) is 8.41. The van der Waals surface area contributed by atoms with Crippen LogP contribution >= 0.6 is 11.3 Å². The lowest BCUT2D eigenvalue weighted by atomic mass is 10.1. The standard InChI is InChI=1S/C25H25FN8O4S/c26-16-14-15(4-6-19(35)36)3-5-17(16)32-10-7-31(8-11-32)9-12-33-22-20(39-25(33)37)23-28-21(18-2-1-13-38-18)30-34(23)24(27)29-22/h1-3,5,13-14H,4,6-12H2,(H2,27,29)(H,35,36). The predicted molar refractivity (Wildman–Crippen MR) is 144 cm³/mol. The second kappa shape index (κ2) is 10.1. The van der Waals surface area contributed by atoms with Gasteiger partial charge in [-0.3, -0.25) is 19.1 Å². The normalized spacial score (nSPS) is 14.5. The Morgan fingerprint density at radius 3 is 2.67 bits per heavy atom. The number of carbonyl (C=O) groups is 1. The maximum atomic E-state index is 14.7. The number of halogens is 1. The number of nitrogens with zero attached hydrogens (tertiary/aromatic N) is 7. The maximum Gasteiger partial charge on any atom is 0.309 e. The van der Waals surface area contributed by atoms with Crippen LogP contribution in [-0.2, 0) is 17.8 Å². The van der Waals surface area contributed by atoms with Crippen molar-refractivity contribution in [1.29, 1.82) is 0 Å².